The van der Waals surface area contributed by atoms with E-state index in [9.17, 15) is 9.59 Å². The monoisotopic (exact) mass is 231 g/mol. The molecule has 1 aromatic rings. The lowest BCUT2D eigenvalue weighted by molar-refractivity contribution is 0.0920. The van der Waals surface area contributed by atoms with Gasteiger partial charge in [0.2, 0.25) is 5.56 Å². The second kappa shape index (κ2) is 4.42. The molecule has 0 unspecified atom stereocenters. The summed E-state index contributed by atoms with van der Waals surface area (Å²) in [5.41, 5.74) is -0.615. The first-order valence-electron chi connectivity index (χ1n) is 5.58. The molecule has 5 nitrogen and oxygen atoms in total. The van der Waals surface area contributed by atoms with E-state index < -0.39 is 5.54 Å². The van der Waals surface area contributed by atoms with Gasteiger partial charge in [-0.2, -0.15) is 5.26 Å². The molecule has 1 amide bonds. The largest absolute Gasteiger partial charge is 0.334 e. The molecule has 17 heavy (non-hydrogen) atoms. The van der Waals surface area contributed by atoms with Crippen molar-refractivity contribution in [3.05, 3.63) is 34.2 Å². The van der Waals surface area contributed by atoms with Crippen LogP contribution in [0.15, 0.2) is 23.1 Å². The summed E-state index contributed by atoms with van der Waals surface area (Å²) in [5, 5.41) is 11.9. The number of aromatic nitrogens is 1. The number of aromatic amines is 1. The summed E-state index contributed by atoms with van der Waals surface area (Å²) in [7, 11) is 0. The van der Waals surface area contributed by atoms with Gasteiger partial charge in [-0.3, -0.25) is 9.59 Å². The van der Waals surface area contributed by atoms with Crippen molar-refractivity contribution < 1.29 is 4.79 Å². The van der Waals surface area contributed by atoms with Gasteiger partial charge in [-0.25, -0.2) is 0 Å². The minimum atomic E-state index is -0.729. The Morgan fingerprint density at radius 3 is 2.65 bits per heavy atom. The first-order chi connectivity index (χ1) is 8.15. The Morgan fingerprint density at radius 2 is 2.12 bits per heavy atom. The number of nitrogens with one attached hydrogen (secondary N) is 2. The molecule has 0 saturated heterocycles. The maximum absolute atomic E-state index is 11.9. The van der Waals surface area contributed by atoms with E-state index in [1.807, 2.05) is 0 Å². The fourth-order valence-corrected chi connectivity index (χ4v) is 2.08. The minimum absolute atomic E-state index is 0.252. The van der Waals surface area contributed by atoms with Crippen LogP contribution in [0.4, 0.5) is 0 Å². The molecular formula is C12H13N3O2. The van der Waals surface area contributed by atoms with Crippen molar-refractivity contribution in [3.63, 3.8) is 0 Å². The highest BCUT2D eigenvalue weighted by Gasteiger charge is 2.35. The fraction of sp³-hybridized carbons (Fsp3) is 0.417. The van der Waals surface area contributed by atoms with E-state index in [2.05, 4.69) is 16.4 Å². The molecule has 2 N–H and O–H groups in total. The third-order valence-corrected chi connectivity index (χ3v) is 3.07. The number of hydrogen-bond donors (Lipinski definition) is 2. The maximum Gasteiger partial charge on any atom is 0.254 e. The van der Waals surface area contributed by atoms with Gasteiger partial charge in [-0.1, -0.05) is 0 Å². The Balaban J connectivity index is 2.14. The standard InChI is InChI=1S/C12H13N3O2/c13-8-12(5-1-2-6-12)15-11(17)9-3-4-10(16)14-7-9/h3-4,7H,1-2,5-6H2,(H,14,16)(H,15,17). The van der Waals surface area contributed by atoms with Crippen LogP contribution in [-0.4, -0.2) is 16.4 Å². The smallest absolute Gasteiger partial charge is 0.254 e. The maximum atomic E-state index is 11.9. The summed E-state index contributed by atoms with van der Waals surface area (Å²) in [4.78, 5) is 25.2. The number of pyridine rings is 1. The molecule has 1 aliphatic carbocycles. The first kappa shape index (κ1) is 11.4. The van der Waals surface area contributed by atoms with Crippen LogP contribution in [0.2, 0.25) is 0 Å². The van der Waals surface area contributed by atoms with Crippen molar-refractivity contribution in [3.8, 4) is 6.07 Å². The topological polar surface area (TPSA) is 85.8 Å². The number of rotatable bonds is 2. The number of amides is 1. The van der Waals surface area contributed by atoms with Crippen LogP contribution in [0.25, 0.3) is 0 Å². The van der Waals surface area contributed by atoms with Gasteiger partial charge in [0.15, 0.2) is 0 Å². The zero-order chi connectivity index (χ0) is 12.3. The number of carbonyl (C=O) groups is 1. The predicted octanol–water partition coefficient (Wildman–Crippen LogP) is 0.941. The molecular weight excluding hydrogens is 218 g/mol. The van der Waals surface area contributed by atoms with Crippen LogP contribution in [0.3, 0.4) is 0 Å². The Labute approximate surface area is 98.5 Å². The molecule has 1 heterocycles. The molecule has 0 atom stereocenters. The Hall–Kier alpha value is -2.09. The predicted molar refractivity (Wildman–Crippen MR) is 61.3 cm³/mol. The van der Waals surface area contributed by atoms with Crippen molar-refractivity contribution >= 4 is 5.91 Å². The molecule has 1 aliphatic rings. The Bertz CT molecular complexity index is 501. The van der Waals surface area contributed by atoms with Crippen molar-refractivity contribution in [2.75, 3.05) is 0 Å². The van der Waals surface area contributed by atoms with E-state index in [-0.39, 0.29) is 11.5 Å². The average Bonchev–Trinajstić information content (AvgIpc) is 2.79. The summed E-state index contributed by atoms with van der Waals surface area (Å²) >= 11 is 0. The van der Waals surface area contributed by atoms with Crippen LogP contribution in [0, 0.1) is 11.3 Å². The van der Waals surface area contributed by atoms with Crippen LogP contribution in [-0.2, 0) is 0 Å². The van der Waals surface area contributed by atoms with Crippen LogP contribution in [0.1, 0.15) is 36.0 Å². The third kappa shape index (κ3) is 2.36. The van der Waals surface area contributed by atoms with Gasteiger partial charge in [0.1, 0.15) is 5.54 Å². The van der Waals surface area contributed by atoms with E-state index >= 15 is 0 Å². The normalized spacial score (nSPS) is 17.4. The zero-order valence-corrected chi connectivity index (χ0v) is 9.32. The average molecular weight is 231 g/mol. The molecule has 88 valence electrons. The van der Waals surface area contributed by atoms with Crippen molar-refractivity contribution in [2.24, 2.45) is 0 Å². The van der Waals surface area contributed by atoms with Crippen molar-refractivity contribution in [1.82, 2.24) is 10.3 Å². The quantitative estimate of drug-likeness (QED) is 0.794. The van der Waals surface area contributed by atoms with Crippen LogP contribution < -0.4 is 10.9 Å². The molecule has 0 aromatic carbocycles. The fourth-order valence-electron chi connectivity index (χ4n) is 2.08. The molecule has 0 spiro atoms. The summed E-state index contributed by atoms with van der Waals surface area (Å²) in [6.45, 7) is 0. The third-order valence-electron chi connectivity index (χ3n) is 3.07. The Kier molecular flexibility index (Phi) is 2.96. The van der Waals surface area contributed by atoms with Crippen molar-refractivity contribution in [2.45, 2.75) is 31.2 Å². The molecule has 5 heteroatoms. The highest BCUT2D eigenvalue weighted by molar-refractivity contribution is 5.94. The number of hydrogen-bond acceptors (Lipinski definition) is 3. The number of nitrogens with zero attached hydrogens (tertiary/aromatic N) is 1. The second-order valence-electron chi connectivity index (χ2n) is 4.30. The molecule has 0 aliphatic heterocycles. The minimum Gasteiger partial charge on any atom is -0.334 e. The molecule has 2 rings (SSSR count). The van der Waals surface area contributed by atoms with E-state index in [0.29, 0.717) is 18.4 Å². The SMILES string of the molecule is N#CC1(NC(=O)c2ccc(=O)[nH]c2)CCCC1. The molecule has 0 radical (unpaired) electrons. The van der Waals surface area contributed by atoms with Gasteiger partial charge in [-0.05, 0) is 31.7 Å². The first-order valence-corrected chi connectivity index (χ1v) is 5.58. The van der Waals surface area contributed by atoms with E-state index in [4.69, 9.17) is 5.26 Å². The lowest BCUT2D eigenvalue weighted by Gasteiger charge is -2.21. The second-order valence-corrected chi connectivity index (χ2v) is 4.30. The highest BCUT2D eigenvalue weighted by Crippen LogP contribution is 2.29. The van der Waals surface area contributed by atoms with E-state index in [0.717, 1.165) is 12.8 Å². The van der Waals surface area contributed by atoms with E-state index in [1.54, 1.807) is 0 Å². The van der Waals surface area contributed by atoms with Crippen LogP contribution >= 0.6 is 0 Å². The summed E-state index contributed by atoms with van der Waals surface area (Å²) in [5.74, 6) is -0.315. The van der Waals surface area contributed by atoms with Gasteiger partial charge in [0.25, 0.3) is 5.91 Å². The lowest BCUT2D eigenvalue weighted by Crippen LogP contribution is -2.45. The lowest BCUT2D eigenvalue weighted by atomic mass is 9.99. The number of carbonyl (C=O) groups excluding carboxylic acids is 1. The highest BCUT2D eigenvalue weighted by atomic mass is 16.2. The van der Waals surface area contributed by atoms with Crippen LogP contribution in [0.5, 0.6) is 0 Å². The van der Waals surface area contributed by atoms with E-state index in [1.165, 1.54) is 18.3 Å². The summed E-state index contributed by atoms with van der Waals surface area (Å²) < 4.78 is 0. The Morgan fingerprint density at radius 1 is 1.41 bits per heavy atom. The van der Waals surface area contributed by atoms with Gasteiger partial charge in [0, 0.05) is 12.3 Å². The number of nitriles is 1. The van der Waals surface area contributed by atoms with Crippen molar-refractivity contribution in [1.29, 1.82) is 5.26 Å². The molecule has 0 bridgehead atoms. The zero-order valence-electron chi connectivity index (χ0n) is 9.32. The number of H-pyrrole nitrogens is 1. The molecule has 1 fully saturated rings. The summed E-state index contributed by atoms with van der Waals surface area (Å²) in [6, 6.07) is 4.93. The molecule has 1 aromatic heterocycles. The van der Waals surface area contributed by atoms with Gasteiger partial charge >= 0.3 is 0 Å². The molecule has 1 saturated carbocycles. The van der Waals surface area contributed by atoms with Gasteiger partial charge in [-0.15, -0.1) is 0 Å². The van der Waals surface area contributed by atoms with Gasteiger partial charge in [0.05, 0.1) is 11.6 Å². The van der Waals surface area contributed by atoms with Gasteiger partial charge < -0.3 is 10.3 Å². The summed E-state index contributed by atoms with van der Waals surface area (Å²) in [6.07, 6.45) is 4.66.